The molecule has 0 radical (unpaired) electrons. The number of unbranched alkanes of at least 4 members (excludes halogenated alkanes) is 15. The smallest absolute Gasteiger partial charge is 0.305 e. The van der Waals surface area contributed by atoms with Gasteiger partial charge in [0.15, 0.2) is 6.29 Å². The van der Waals surface area contributed by atoms with Crippen LogP contribution in [0.4, 0.5) is 0 Å². The van der Waals surface area contributed by atoms with E-state index < -0.39 is 0 Å². The van der Waals surface area contributed by atoms with Crippen LogP contribution in [0.2, 0.25) is 0 Å². The Hall–Kier alpha value is -1.55. The summed E-state index contributed by atoms with van der Waals surface area (Å²) in [4.78, 5) is 15.1. The molecule has 0 rings (SSSR count). The predicted molar refractivity (Wildman–Crippen MR) is 247 cm³/mol. The first kappa shape index (κ1) is 56.5. The minimum absolute atomic E-state index is 0.0798. The number of rotatable bonds is 47. The van der Waals surface area contributed by atoms with Crippen molar-refractivity contribution in [2.24, 2.45) is 5.92 Å². The molecule has 0 saturated heterocycles. The molecule has 0 amide bonds. The van der Waals surface area contributed by atoms with Gasteiger partial charge in [0.25, 0.3) is 0 Å². The number of nitrogens with one attached hydrogen (secondary N) is 1. The quantitative estimate of drug-likeness (QED) is 0.0281. The Morgan fingerprint density at radius 2 is 1.12 bits per heavy atom. The number of hydrogen-bond acceptors (Lipinski definition) is 8. The van der Waals surface area contributed by atoms with E-state index in [1.54, 1.807) is 0 Å². The normalized spacial score (nSPS) is 12.7. The highest BCUT2D eigenvalue weighted by Crippen LogP contribution is 2.12. The molecular weight excluding hydrogens is 725 g/mol. The molecule has 1 N–H and O–H groups in total. The number of hydrogen-bond donors (Lipinski definition) is 1. The van der Waals surface area contributed by atoms with Crippen molar-refractivity contribution >= 4 is 5.97 Å². The second-order valence-electron chi connectivity index (χ2n) is 15.9. The molecule has 0 heterocycles. The van der Waals surface area contributed by atoms with Gasteiger partial charge in [-0.3, -0.25) is 4.79 Å². The summed E-state index contributed by atoms with van der Waals surface area (Å²) in [6.07, 6.45) is 41.7. The van der Waals surface area contributed by atoms with E-state index in [1.165, 1.54) is 70.6 Å². The Kier molecular flexibility index (Phi) is 46.8. The molecule has 0 aliphatic heterocycles. The van der Waals surface area contributed by atoms with Crippen LogP contribution < -0.4 is 5.32 Å². The Morgan fingerprint density at radius 1 is 0.569 bits per heavy atom. The highest BCUT2D eigenvalue weighted by atomic mass is 16.7. The van der Waals surface area contributed by atoms with Gasteiger partial charge in [-0.25, -0.2) is 0 Å². The van der Waals surface area contributed by atoms with Crippen LogP contribution in [0.5, 0.6) is 0 Å². The standard InChI is InChI=1S/C50H96N2O6/c1-6-11-14-17-20-21-22-23-24-25-26-27-28-29-32-37-49(53)58-46-48(44-51-39-36-40-52(9-4)10-5)45-55-47-54-41-35-38-50(56-42-33-30-18-15-12-7-2)57-43-34-31-19-16-13-8-3/h12-13,15-16,23-24,48,50-51H,6-11,14,17-22,25-47H2,1-5H3/b15-12-,16-13-,24-23-. The summed E-state index contributed by atoms with van der Waals surface area (Å²) < 4.78 is 29.9. The van der Waals surface area contributed by atoms with Gasteiger partial charge < -0.3 is 33.9 Å². The number of allylic oxidation sites excluding steroid dienone is 6. The van der Waals surface area contributed by atoms with E-state index in [0.717, 1.165) is 129 Å². The summed E-state index contributed by atoms with van der Waals surface area (Å²) in [6, 6.07) is 0. The van der Waals surface area contributed by atoms with E-state index in [2.05, 4.69) is 81.3 Å². The molecule has 0 fully saturated rings. The van der Waals surface area contributed by atoms with E-state index >= 15 is 0 Å². The monoisotopic (exact) mass is 821 g/mol. The van der Waals surface area contributed by atoms with E-state index in [9.17, 15) is 4.79 Å². The van der Waals surface area contributed by atoms with Gasteiger partial charge in [0.1, 0.15) is 6.79 Å². The zero-order valence-electron chi connectivity index (χ0n) is 39.0. The van der Waals surface area contributed by atoms with Crippen LogP contribution in [0.25, 0.3) is 0 Å². The highest BCUT2D eigenvalue weighted by Gasteiger charge is 2.14. The molecule has 0 bridgehead atoms. The van der Waals surface area contributed by atoms with Crippen LogP contribution in [-0.2, 0) is 28.5 Å². The van der Waals surface area contributed by atoms with Crippen molar-refractivity contribution < 1.29 is 28.5 Å². The molecule has 0 aliphatic carbocycles. The van der Waals surface area contributed by atoms with Crippen molar-refractivity contribution in [2.75, 3.05) is 72.6 Å². The molecule has 0 aromatic carbocycles. The van der Waals surface area contributed by atoms with Gasteiger partial charge in [0, 0.05) is 45.1 Å². The lowest BCUT2D eigenvalue weighted by atomic mass is 10.1. The zero-order chi connectivity index (χ0) is 42.3. The SMILES string of the molecule is CC/C=C\CCCCOC(CCCOCOCC(CNCCCN(CC)CC)COC(=O)CCCCCCC/C=C\CCCCCCCC)OCCCC/C=C\CC. The molecule has 0 saturated carbocycles. The van der Waals surface area contributed by atoms with Gasteiger partial charge in [-0.1, -0.05) is 122 Å². The second kappa shape index (κ2) is 48.1. The Morgan fingerprint density at radius 3 is 1.71 bits per heavy atom. The molecule has 58 heavy (non-hydrogen) atoms. The van der Waals surface area contributed by atoms with Gasteiger partial charge in [-0.15, -0.1) is 0 Å². The van der Waals surface area contributed by atoms with Crippen molar-refractivity contribution in [1.29, 1.82) is 0 Å². The van der Waals surface area contributed by atoms with Crippen LogP contribution in [0.1, 0.15) is 195 Å². The molecule has 0 aliphatic rings. The third-order valence-corrected chi connectivity index (χ3v) is 10.5. The maximum absolute atomic E-state index is 12.6. The zero-order valence-corrected chi connectivity index (χ0v) is 39.0. The molecule has 1 unspecified atom stereocenters. The van der Waals surface area contributed by atoms with Crippen LogP contribution in [0.15, 0.2) is 36.5 Å². The lowest BCUT2D eigenvalue weighted by Crippen LogP contribution is -2.33. The molecule has 0 spiro atoms. The Labute approximate surface area is 360 Å². The third kappa shape index (κ3) is 42.6. The summed E-state index contributed by atoms with van der Waals surface area (Å²) in [7, 11) is 0. The Balaban J connectivity index is 4.46. The van der Waals surface area contributed by atoms with Crippen molar-refractivity contribution in [3.05, 3.63) is 36.5 Å². The number of carbonyl (C=O) groups is 1. The second-order valence-corrected chi connectivity index (χ2v) is 15.9. The first-order valence-corrected chi connectivity index (χ1v) is 24.5. The summed E-state index contributed by atoms with van der Waals surface area (Å²) in [5.41, 5.74) is 0. The van der Waals surface area contributed by atoms with Crippen LogP contribution >= 0.6 is 0 Å². The molecule has 0 aromatic heterocycles. The summed E-state index contributed by atoms with van der Waals surface area (Å²) >= 11 is 0. The molecule has 8 heteroatoms. The maximum Gasteiger partial charge on any atom is 0.305 e. The molecule has 8 nitrogen and oxygen atoms in total. The summed E-state index contributed by atoms with van der Waals surface area (Å²) in [5.74, 6) is -0.0164. The molecule has 342 valence electrons. The largest absolute Gasteiger partial charge is 0.465 e. The van der Waals surface area contributed by atoms with Crippen LogP contribution in [-0.4, -0.2) is 89.7 Å². The lowest BCUT2D eigenvalue weighted by Gasteiger charge is -2.20. The van der Waals surface area contributed by atoms with Gasteiger partial charge in [-0.2, -0.15) is 0 Å². The van der Waals surface area contributed by atoms with Crippen LogP contribution in [0.3, 0.4) is 0 Å². The van der Waals surface area contributed by atoms with Crippen molar-refractivity contribution in [3.63, 3.8) is 0 Å². The number of carbonyl (C=O) groups excluding carboxylic acids is 1. The molecular formula is C50H96N2O6. The van der Waals surface area contributed by atoms with Gasteiger partial charge in [-0.05, 0) is 122 Å². The maximum atomic E-state index is 12.6. The van der Waals surface area contributed by atoms with E-state index in [-0.39, 0.29) is 25.0 Å². The molecule has 1 atom stereocenters. The highest BCUT2D eigenvalue weighted by molar-refractivity contribution is 5.69. The Bertz CT molecular complexity index is 885. The summed E-state index contributed by atoms with van der Waals surface area (Å²) in [6.45, 7) is 19.1. The minimum atomic E-state index is -0.194. The van der Waals surface area contributed by atoms with E-state index in [4.69, 9.17) is 23.7 Å². The fourth-order valence-corrected chi connectivity index (χ4v) is 6.69. The third-order valence-electron chi connectivity index (χ3n) is 10.5. The summed E-state index contributed by atoms with van der Waals surface area (Å²) in [5, 5.41) is 3.58. The first-order chi connectivity index (χ1) is 28.6. The van der Waals surface area contributed by atoms with Gasteiger partial charge in [0.05, 0.1) is 13.2 Å². The average molecular weight is 821 g/mol. The fourth-order valence-electron chi connectivity index (χ4n) is 6.69. The van der Waals surface area contributed by atoms with Crippen molar-refractivity contribution in [2.45, 2.75) is 201 Å². The van der Waals surface area contributed by atoms with Gasteiger partial charge in [0.2, 0.25) is 0 Å². The lowest BCUT2D eigenvalue weighted by molar-refractivity contribution is -0.152. The minimum Gasteiger partial charge on any atom is -0.465 e. The van der Waals surface area contributed by atoms with Gasteiger partial charge >= 0.3 is 5.97 Å². The topological polar surface area (TPSA) is 78.5 Å². The number of esters is 1. The van der Waals surface area contributed by atoms with Crippen molar-refractivity contribution in [1.82, 2.24) is 10.2 Å². The number of ether oxygens (including phenoxy) is 5. The number of nitrogens with zero attached hydrogens (tertiary/aromatic N) is 1. The van der Waals surface area contributed by atoms with E-state index in [1.807, 2.05) is 0 Å². The average Bonchev–Trinajstić information content (AvgIpc) is 3.23. The first-order valence-electron chi connectivity index (χ1n) is 24.5. The van der Waals surface area contributed by atoms with Crippen molar-refractivity contribution in [3.8, 4) is 0 Å². The fraction of sp³-hybridized carbons (Fsp3) is 0.860. The predicted octanol–water partition coefficient (Wildman–Crippen LogP) is 12.9. The van der Waals surface area contributed by atoms with E-state index in [0.29, 0.717) is 26.2 Å². The molecule has 0 aromatic rings. The van der Waals surface area contributed by atoms with Crippen LogP contribution in [0, 0.1) is 5.92 Å².